The number of carbonyl (C=O) groups excluding carboxylic acids is 1. The molecule has 40 heavy (non-hydrogen) atoms. The van der Waals surface area contributed by atoms with Crippen LogP contribution in [0.1, 0.15) is 66.6 Å². The van der Waals surface area contributed by atoms with Gasteiger partial charge in [-0.3, -0.25) is 14.7 Å². The van der Waals surface area contributed by atoms with Crippen LogP contribution in [-0.4, -0.2) is 50.6 Å². The summed E-state index contributed by atoms with van der Waals surface area (Å²) in [5.74, 6) is 0.373. The normalized spacial score (nSPS) is 16.7. The van der Waals surface area contributed by atoms with Crippen molar-refractivity contribution in [3.05, 3.63) is 82.2 Å². The maximum absolute atomic E-state index is 13.2. The van der Waals surface area contributed by atoms with Crippen molar-refractivity contribution in [2.24, 2.45) is 12.5 Å². The Balaban J connectivity index is 1.57. The fourth-order valence-corrected chi connectivity index (χ4v) is 5.97. The van der Waals surface area contributed by atoms with Crippen LogP contribution in [0, 0.1) is 19.3 Å². The molecule has 0 fully saturated rings. The van der Waals surface area contributed by atoms with E-state index in [9.17, 15) is 4.79 Å². The van der Waals surface area contributed by atoms with E-state index in [2.05, 4.69) is 65.2 Å². The third kappa shape index (κ3) is 5.08. The van der Waals surface area contributed by atoms with Gasteiger partial charge in [0, 0.05) is 38.8 Å². The topological polar surface area (TPSA) is 82.4 Å². The second-order valence-electron chi connectivity index (χ2n) is 11.5. The standard InChI is InChI=1S/C32H39N5O3/c1-8-24-18-37(19-26-28(40-24)10-9-15-33-26)17-23-16-22(12-11-20(23)2)29(32(4,5)31(38)39-7)25-13-14-27-30(21(25)3)34-35-36(27)6/h9-16,24,29H,8,17-19H2,1-7H3. The van der Waals surface area contributed by atoms with Crippen LogP contribution in [0.5, 0.6) is 5.75 Å². The Morgan fingerprint density at radius 2 is 2.00 bits per heavy atom. The summed E-state index contributed by atoms with van der Waals surface area (Å²) in [5.41, 5.74) is 7.51. The Morgan fingerprint density at radius 1 is 1.20 bits per heavy atom. The van der Waals surface area contributed by atoms with E-state index in [4.69, 9.17) is 9.47 Å². The number of rotatable bonds is 7. The van der Waals surface area contributed by atoms with E-state index < -0.39 is 5.41 Å². The van der Waals surface area contributed by atoms with Crippen molar-refractivity contribution in [3.8, 4) is 5.75 Å². The molecule has 210 valence electrons. The number of nitrogens with zero attached hydrogens (tertiary/aromatic N) is 5. The maximum Gasteiger partial charge on any atom is 0.312 e. The average Bonchev–Trinajstić information content (AvgIpc) is 3.22. The number of carbonyl (C=O) groups is 1. The van der Waals surface area contributed by atoms with Gasteiger partial charge in [0.1, 0.15) is 17.4 Å². The second-order valence-corrected chi connectivity index (χ2v) is 11.5. The van der Waals surface area contributed by atoms with Gasteiger partial charge in [0.15, 0.2) is 0 Å². The van der Waals surface area contributed by atoms with Crippen LogP contribution >= 0.6 is 0 Å². The molecule has 0 bridgehead atoms. The van der Waals surface area contributed by atoms with Gasteiger partial charge in [-0.25, -0.2) is 4.68 Å². The number of fused-ring (bicyclic) bond motifs is 2. The van der Waals surface area contributed by atoms with E-state index in [1.54, 1.807) is 4.68 Å². The number of esters is 1. The van der Waals surface area contributed by atoms with Crippen LogP contribution in [0.25, 0.3) is 11.0 Å². The van der Waals surface area contributed by atoms with Crippen LogP contribution in [0.2, 0.25) is 0 Å². The Hall–Kier alpha value is -3.78. The molecule has 0 saturated carbocycles. The number of ether oxygens (including phenoxy) is 2. The molecule has 0 amide bonds. The minimum Gasteiger partial charge on any atom is -0.487 e. The fraction of sp³-hybridized carbons (Fsp3) is 0.438. The predicted octanol–water partition coefficient (Wildman–Crippen LogP) is 5.48. The van der Waals surface area contributed by atoms with Crippen molar-refractivity contribution in [2.45, 2.75) is 66.2 Å². The molecule has 0 radical (unpaired) electrons. The summed E-state index contributed by atoms with van der Waals surface area (Å²) in [5, 5.41) is 8.65. The minimum atomic E-state index is -0.825. The molecule has 8 nitrogen and oxygen atoms in total. The molecule has 2 atom stereocenters. The number of pyridine rings is 1. The molecule has 0 spiro atoms. The highest BCUT2D eigenvalue weighted by atomic mass is 16.5. The summed E-state index contributed by atoms with van der Waals surface area (Å²) in [4.78, 5) is 20.2. The van der Waals surface area contributed by atoms with E-state index in [1.807, 2.05) is 45.3 Å². The molecule has 5 rings (SSSR count). The molecule has 0 N–H and O–H groups in total. The zero-order valence-electron chi connectivity index (χ0n) is 24.6. The van der Waals surface area contributed by atoms with E-state index in [0.717, 1.165) is 65.2 Å². The van der Waals surface area contributed by atoms with Crippen molar-refractivity contribution in [3.63, 3.8) is 0 Å². The third-order valence-corrected chi connectivity index (χ3v) is 8.36. The van der Waals surface area contributed by atoms with Crippen molar-refractivity contribution in [1.82, 2.24) is 24.9 Å². The molecule has 1 aliphatic rings. The zero-order valence-corrected chi connectivity index (χ0v) is 24.6. The summed E-state index contributed by atoms with van der Waals surface area (Å²) in [6.45, 7) is 12.6. The fourth-order valence-electron chi connectivity index (χ4n) is 5.97. The van der Waals surface area contributed by atoms with Gasteiger partial charge in [0.05, 0.1) is 23.7 Å². The Labute approximate surface area is 236 Å². The van der Waals surface area contributed by atoms with Crippen molar-refractivity contribution in [2.75, 3.05) is 13.7 Å². The number of benzene rings is 2. The van der Waals surface area contributed by atoms with Crippen molar-refractivity contribution in [1.29, 1.82) is 0 Å². The lowest BCUT2D eigenvalue weighted by atomic mass is 9.69. The number of aryl methyl sites for hydroxylation is 3. The molecular weight excluding hydrogens is 502 g/mol. The summed E-state index contributed by atoms with van der Waals surface area (Å²) >= 11 is 0. The Bertz CT molecular complexity index is 1540. The lowest BCUT2D eigenvalue weighted by Gasteiger charge is -2.34. The second kappa shape index (κ2) is 11.0. The lowest BCUT2D eigenvalue weighted by Crippen LogP contribution is -2.34. The molecule has 2 unspecified atom stereocenters. The molecule has 2 aromatic carbocycles. The first-order chi connectivity index (χ1) is 19.1. The van der Waals surface area contributed by atoms with Crippen LogP contribution in [-0.2, 0) is 29.7 Å². The van der Waals surface area contributed by atoms with Crippen LogP contribution in [0.3, 0.4) is 0 Å². The van der Waals surface area contributed by atoms with Crippen molar-refractivity contribution >= 4 is 17.0 Å². The maximum atomic E-state index is 13.2. The summed E-state index contributed by atoms with van der Waals surface area (Å²) < 4.78 is 13.4. The number of hydrogen-bond donors (Lipinski definition) is 0. The zero-order chi connectivity index (χ0) is 28.6. The van der Waals surface area contributed by atoms with Gasteiger partial charge in [-0.2, -0.15) is 0 Å². The van der Waals surface area contributed by atoms with Crippen LogP contribution in [0.15, 0.2) is 48.7 Å². The monoisotopic (exact) mass is 541 g/mol. The highest BCUT2D eigenvalue weighted by Crippen LogP contribution is 2.44. The first-order valence-corrected chi connectivity index (χ1v) is 13.9. The molecular formula is C32H39N5O3. The molecule has 4 aromatic rings. The molecule has 8 heteroatoms. The minimum absolute atomic E-state index is 0.0984. The number of aromatic nitrogens is 4. The van der Waals surface area contributed by atoms with E-state index in [-0.39, 0.29) is 18.0 Å². The van der Waals surface area contributed by atoms with Crippen LogP contribution < -0.4 is 4.74 Å². The van der Waals surface area contributed by atoms with Gasteiger partial charge in [-0.05, 0) is 80.1 Å². The molecule has 0 aliphatic carbocycles. The van der Waals surface area contributed by atoms with Gasteiger partial charge < -0.3 is 9.47 Å². The highest BCUT2D eigenvalue weighted by molar-refractivity contribution is 5.82. The van der Waals surface area contributed by atoms with Crippen LogP contribution in [0.4, 0.5) is 0 Å². The first-order valence-electron chi connectivity index (χ1n) is 13.9. The van der Waals surface area contributed by atoms with Gasteiger partial charge in [0.25, 0.3) is 0 Å². The van der Waals surface area contributed by atoms with Gasteiger partial charge in [0.2, 0.25) is 0 Å². The SMILES string of the molecule is CCC1CN(Cc2cc(C(c3ccc4c(nnn4C)c3C)C(C)(C)C(=O)OC)ccc2C)Cc2ncccc2O1. The summed E-state index contributed by atoms with van der Waals surface area (Å²) in [7, 11) is 3.35. The van der Waals surface area contributed by atoms with E-state index in [0.29, 0.717) is 0 Å². The Kier molecular flexibility index (Phi) is 7.64. The van der Waals surface area contributed by atoms with Gasteiger partial charge >= 0.3 is 5.97 Å². The quantitative estimate of drug-likeness (QED) is 0.286. The summed E-state index contributed by atoms with van der Waals surface area (Å²) in [6.07, 6.45) is 2.85. The van der Waals surface area contributed by atoms with E-state index in [1.165, 1.54) is 18.2 Å². The average molecular weight is 542 g/mol. The lowest BCUT2D eigenvalue weighted by molar-refractivity contribution is -0.151. The molecule has 2 aromatic heterocycles. The largest absolute Gasteiger partial charge is 0.487 e. The number of methoxy groups -OCH3 is 1. The van der Waals surface area contributed by atoms with Gasteiger partial charge in [-0.1, -0.05) is 36.4 Å². The van der Waals surface area contributed by atoms with Gasteiger partial charge in [-0.15, -0.1) is 5.10 Å². The van der Waals surface area contributed by atoms with Crippen molar-refractivity contribution < 1.29 is 14.3 Å². The molecule has 1 aliphatic heterocycles. The third-order valence-electron chi connectivity index (χ3n) is 8.36. The smallest absolute Gasteiger partial charge is 0.312 e. The summed E-state index contributed by atoms with van der Waals surface area (Å²) in [6, 6.07) is 14.7. The molecule has 3 heterocycles. The van der Waals surface area contributed by atoms with E-state index >= 15 is 0 Å². The first kappa shape index (κ1) is 27.8. The predicted molar refractivity (Wildman–Crippen MR) is 155 cm³/mol. The molecule has 0 saturated heterocycles. The Morgan fingerprint density at radius 3 is 2.75 bits per heavy atom. The number of hydrogen-bond acceptors (Lipinski definition) is 7. The highest BCUT2D eigenvalue weighted by Gasteiger charge is 2.41.